The monoisotopic (exact) mass is 359 g/mol. The van der Waals surface area contributed by atoms with Gasteiger partial charge < -0.3 is 15.2 Å². The van der Waals surface area contributed by atoms with E-state index in [1.807, 2.05) is 18.2 Å². The van der Waals surface area contributed by atoms with Gasteiger partial charge in [-0.1, -0.05) is 29.8 Å². The number of benzene rings is 1. The van der Waals surface area contributed by atoms with E-state index in [0.29, 0.717) is 29.6 Å². The molecule has 0 aliphatic carbocycles. The van der Waals surface area contributed by atoms with Gasteiger partial charge in [0.2, 0.25) is 5.91 Å². The Bertz CT molecular complexity index is 797. The highest BCUT2D eigenvalue weighted by Gasteiger charge is 2.15. The molecule has 25 heavy (non-hydrogen) atoms. The number of carbonyl (C=O) groups excluding carboxylic acids is 1. The molecule has 0 radical (unpaired) electrons. The van der Waals surface area contributed by atoms with Crippen LogP contribution in [0.15, 0.2) is 47.4 Å². The molecule has 1 aliphatic heterocycles. The molecule has 132 valence electrons. The van der Waals surface area contributed by atoms with Crippen LogP contribution in [0.1, 0.15) is 24.8 Å². The van der Waals surface area contributed by atoms with Gasteiger partial charge in [-0.05, 0) is 49.5 Å². The summed E-state index contributed by atoms with van der Waals surface area (Å²) in [6.45, 7) is 2.41. The summed E-state index contributed by atoms with van der Waals surface area (Å²) in [6, 6.07) is 10.5. The van der Waals surface area contributed by atoms with Crippen molar-refractivity contribution in [1.82, 2.24) is 9.88 Å². The van der Waals surface area contributed by atoms with Crippen molar-refractivity contribution in [1.29, 1.82) is 0 Å². The SMILES string of the molecule is O=C(CCC1CCNC1)Nc1ccc(=O)n(Cc2ccccc2Cl)c1. The van der Waals surface area contributed by atoms with E-state index in [-0.39, 0.29) is 11.5 Å². The molecule has 5 nitrogen and oxygen atoms in total. The Kier molecular flexibility index (Phi) is 5.89. The molecule has 1 saturated heterocycles. The quantitative estimate of drug-likeness (QED) is 0.833. The lowest BCUT2D eigenvalue weighted by atomic mass is 10.0. The fourth-order valence-electron chi connectivity index (χ4n) is 3.06. The van der Waals surface area contributed by atoms with E-state index < -0.39 is 0 Å². The molecule has 0 bridgehead atoms. The Balaban J connectivity index is 1.63. The number of carbonyl (C=O) groups is 1. The predicted octanol–water partition coefficient (Wildman–Crippen LogP) is 2.88. The first-order valence-electron chi connectivity index (χ1n) is 8.56. The summed E-state index contributed by atoms with van der Waals surface area (Å²) >= 11 is 6.16. The predicted molar refractivity (Wildman–Crippen MR) is 100 cm³/mol. The summed E-state index contributed by atoms with van der Waals surface area (Å²) in [5.41, 5.74) is 1.36. The van der Waals surface area contributed by atoms with E-state index in [1.165, 1.54) is 6.07 Å². The molecule has 6 heteroatoms. The smallest absolute Gasteiger partial charge is 0.250 e. The number of aromatic nitrogens is 1. The highest BCUT2D eigenvalue weighted by atomic mass is 35.5. The Morgan fingerprint density at radius 1 is 1.28 bits per heavy atom. The van der Waals surface area contributed by atoms with E-state index in [9.17, 15) is 9.59 Å². The van der Waals surface area contributed by atoms with E-state index in [0.717, 1.165) is 31.5 Å². The Morgan fingerprint density at radius 2 is 2.12 bits per heavy atom. The molecule has 1 unspecified atom stereocenters. The zero-order chi connectivity index (χ0) is 17.6. The highest BCUT2D eigenvalue weighted by Crippen LogP contribution is 2.17. The average Bonchev–Trinajstić information content (AvgIpc) is 3.11. The number of hydrogen-bond donors (Lipinski definition) is 2. The second-order valence-electron chi connectivity index (χ2n) is 6.42. The molecule has 1 aromatic heterocycles. The highest BCUT2D eigenvalue weighted by molar-refractivity contribution is 6.31. The average molecular weight is 360 g/mol. The second kappa shape index (κ2) is 8.32. The Morgan fingerprint density at radius 3 is 2.88 bits per heavy atom. The third-order valence-corrected chi connectivity index (χ3v) is 4.88. The van der Waals surface area contributed by atoms with Crippen molar-refractivity contribution in [2.75, 3.05) is 18.4 Å². The lowest BCUT2D eigenvalue weighted by Crippen LogP contribution is -2.21. The molecule has 2 heterocycles. The van der Waals surface area contributed by atoms with Crippen molar-refractivity contribution in [3.8, 4) is 0 Å². The van der Waals surface area contributed by atoms with Crippen LogP contribution in [-0.4, -0.2) is 23.6 Å². The number of nitrogens with one attached hydrogen (secondary N) is 2. The van der Waals surface area contributed by atoms with Crippen LogP contribution < -0.4 is 16.2 Å². The third kappa shape index (κ3) is 4.94. The lowest BCUT2D eigenvalue weighted by Gasteiger charge is -2.11. The standard InChI is InChI=1S/C19H22ClN3O2/c20-17-4-2-1-3-15(17)12-23-13-16(6-8-19(23)25)22-18(24)7-5-14-9-10-21-11-14/h1-4,6,8,13-14,21H,5,7,9-12H2,(H,22,24). The molecular formula is C19H22ClN3O2. The van der Waals surface area contributed by atoms with Crippen LogP contribution in [0.2, 0.25) is 5.02 Å². The molecule has 3 rings (SSSR count). The summed E-state index contributed by atoms with van der Waals surface area (Å²) in [4.78, 5) is 24.2. The minimum absolute atomic E-state index is 0.0187. The zero-order valence-electron chi connectivity index (χ0n) is 14.0. The van der Waals surface area contributed by atoms with Crippen LogP contribution in [-0.2, 0) is 11.3 Å². The van der Waals surface area contributed by atoms with Gasteiger partial charge in [0.1, 0.15) is 0 Å². The summed E-state index contributed by atoms with van der Waals surface area (Å²) in [5, 5.41) is 6.81. The summed E-state index contributed by atoms with van der Waals surface area (Å²) in [5.74, 6) is 0.565. The fourth-order valence-corrected chi connectivity index (χ4v) is 3.25. The normalized spacial score (nSPS) is 16.8. The minimum atomic E-state index is -0.130. The molecule has 1 atom stereocenters. The maximum atomic E-state index is 12.1. The van der Waals surface area contributed by atoms with Crippen LogP contribution in [0.4, 0.5) is 5.69 Å². The van der Waals surface area contributed by atoms with Crippen molar-refractivity contribution < 1.29 is 4.79 Å². The van der Waals surface area contributed by atoms with Crippen molar-refractivity contribution in [3.63, 3.8) is 0 Å². The molecule has 1 amide bonds. The van der Waals surface area contributed by atoms with Gasteiger partial charge in [-0.15, -0.1) is 0 Å². The largest absolute Gasteiger partial charge is 0.325 e. The van der Waals surface area contributed by atoms with Gasteiger partial charge >= 0.3 is 0 Å². The lowest BCUT2D eigenvalue weighted by molar-refractivity contribution is -0.116. The number of halogens is 1. The van der Waals surface area contributed by atoms with Crippen LogP contribution >= 0.6 is 11.6 Å². The van der Waals surface area contributed by atoms with Crippen LogP contribution in [0.3, 0.4) is 0 Å². The van der Waals surface area contributed by atoms with Gasteiger partial charge in [0.05, 0.1) is 12.2 Å². The van der Waals surface area contributed by atoms with Crippen molar-refractivity contribution in [2.24, 2.45) is 5.92 Å². The van der Waals surface area contributed by atoms with Crippen molar-refractivity contribution in [3.05, 3.63) is 63.5 Å². The molecule has 0 saturated carbocycles. The fraction of sp³-hybridized carbons (Fsp3) is 0.368. The minimum Gasteiger partial charge on any atom is -0.325 e. The third-order valence-electron chi connectivity index (χ3n) is 4.51. The number of nitrogens with zero attached hydrogens (tertiary/aromatic N) is 1. The van der Waals surface area contributed by atoms with Crippen LogP contribution in [0.5, 0.6) is 0 Å². The van der Waals surface area contributed by atoms with Crippen molar-refractivity contribution >= 4 is 23.2 Å². The van der Waals surface area contributed by atoms with Gasteiger partial charge in [0.15, 0.2) is 0 Å². The molecule has 1 fully saturated rings. The molecule has 0 spiro atoms. The van der Waals surface area contributed by atoms with Gasteiger partial charge in [0.25, 0.3) is 5.56 Å². The number of hydrogen-bond acceptors (Lipinski definition) is 3. The van der Waals surface area contributed by atoms with Gasteiger partial charge in [-0.3, -0.25) is 9.59 Å². The molecule has 2 N–H and O–H groups in total. The summed E-state index contributed by atoms with van der Waals surface area (Å²) < 4.78 is 1.55. The molecular weight excluding hydrogens is 338 g/mol. The molecule has 1 aliphatic rings. The van der Waals surface area contributed by atoms with E-state index in [1.54, 1.807) is 22.9 Å². The number of anilines is 1. The number of amides is 1. The molecule has 2 aromatic rings. The second-order valence-corrected chi connectivity index (χ2v) is 6.83. The van der Waals surface area contributed by atoms with Crippen molar-refractivity contribution in [2.45, 2.75) is 25.8 Å². The van der Waals surface area contributed by atoms with Crippen LogP contribution in [0, 0.1) is 5.92 Å². The summed E-state index contributed by atoms with van der Waals surface area (Å²) in [6.07, 6.45) is 4.19. The zero-order valence-corrected chi connectivity index (χ0v) is 14.8. The van der Waals surface area contributed by atoms with Gasteiger partial charge in [-0.25, -0.2) is 0 Å². The molecule has 1 aromatic carbocycles. The summed E-state index contributed by atoms with van der Waals surface area (Å²) in [7, 11) is 0. The van der Waals surface area contributed by atoms with E-state index in [4.69, 9.17) is 11.6 Å². The van der Waals surface area contributed by atoms with E-state index >= 15 is 0 Å². The first-order valence-corrected chi connectivity index (χ1v) is 8.94. The van der Waals surface area contributed by atoms with Gasteiger partial charge in [-0.2, -0.15) is 0 Å². The Labute approximate surface area is 152 Å². The Hall–Kier alpha value is -2.11. The van der Waals surface area contributed by atoms with E-state index in [2.05, 4.69) is 10.6 Å². The maximum absolute atomic E-state index is 12.1. The number of rotatable bonds is 6. The first kappa shape index (κ1) is 17.7. The maximum Gasteiger partial charge on any atom is 0.250 e. The first-order chi connectivity index (χ1) is 12.1. The number of pyridine rings is 1. The van der Waals surface area contributed by atoms with Crippen LogP contribution in [0.25, 0.3) is 0 Å². The topological polar surface area (TPSA) is 63.1 Å². The van der Waals surface area contributed by atoms with Gasteiger partial charge in [0, 0.05) is 23.7 Å².